The Labute approximate surface area is 183 Å². The summed E-state index contributed by atoms with van der Waals surface area (Å²) in [4.78, 5) is 35.7. The second kappa shape index (κ2) is 7.19. The van der Waals surface area contributed by atoms with Gasteiger partial charge in [0.15, 0.2) is 0 Å². The van der Waals surface area contributed by atoms with Crippen LogP contribution >= 0.6 is 0 Å². The summed E-state index contributed by atoms with van der Waals surface area (Å²) < 4.78 is 1.71. The molecule has 160 valence electrons. The van der Waals surface area contributed by atoms with Gasteiger partial charge in [-0.3, -0.25) is 9.78 Å². The Morgan fingerprint density at radius 3 is 2.59 bits per heavy atom. The van der Waals surface area contributed by atoms with Crippen molar-refractivity contribution in [2.75, 3.05) is 10.6 Å². The summed E-state index contributed by atoms with van der Waals surface area (Å²) in [5, 5.41) is 9.99. The van der Waals surface area contributed by atoms with Gasteiger partial charge in [-0.15, -0.1) is 0 Å². The second-order valence-electron chi connectivity index (χ2n) is 8.06. The predicted molar refractivity (Wildman–Crippen MR) is 122 cm³/mol. The molecular formula is C24H21N5O3. The third-order valence-electron chi connectivity index (χ3n) is 5.94. The fourth-order valence-electron chi connectivity index (χ4n) is 4.35. The Hall–Kier alpha value is -4.20. The molecule has 3 aromatic heterocycles. The largest absolute Gasteiger partial charge is 0.477 e. The molecule has 0 fully saturated rings. The molecule has 0 saturated carbocycles. The minimum absolute atomic E-state index is 0.293. The third-order valence-corrected chi connectivity index (χ3v) is 5.94. The first-order valence-electron chi connectivity index (χ1n) is 10.2. The number of hydrogen-bond donors (Lipinski definition) is 2. The van der Waals surface area contributed by atoms with E-state index in [-0.39, 0.29) is 5.56 Å². The monoisotopic (exact) mass is 427 g/mol. The van der Waals surface area contributed by atoms with Crippen molar-refractivity contribution in [2.24, 2.45) is 0 Å². The SMILES string of the molecule is Cc1cc2c(=O)c(C(=O)O)cn(-c3cnc(N)cc3C)c2cc1N1Cc2cccnc2C1. The highest BCUT2D eigenvalue weighted by Crippen LogP contribution is 2.33. The highest BCUT2D eigenvalue weighted by Gasteiger charge is 2.24. The van der Waals surface area contributed by atoms with E-state index in [1.54, 1.807) is 29.1 Å². The van der Waals surface area contributed by atoms with Crippen molar-refractivity contribution in [3.05, 3.63) is 87.1 Å². The molecule has 32 heavy (non-hydrogen) atoms. The van der Waals surface area contributed by atoms with E-state index in [4.69, 9.17) is 5.73 Å². The predicted octanol–water partition coefficient (Wildman–Crippen LogP) is 3.20. The Morgan fingerprint density at radius 2 is 1.88 bits per heavy atom. The van der Waals surface area contributed by atoms with Gasteiger partial charge in [-0.1, -0.05) is 6.07 Å². The van der Waals surface area contributed by atoms with Gasteiger partial charge < -0.3 is 20.3 Å². The molecule has 0 aliphatic carbocycles. The number of pyridine rings is 3. The first-order valence-corrected chi connectivity index (χ1v) is 10.2. The van der Waals surface area contributed by atoms with Crippen molar-refractivity contribution in [3.8, 4) is 5.69 Å². The normalized spacial score (nSPS) is 12.9. The van der Waals surface area contributed by atoms with Crippen LogP contribution < -0.4 is 16.1 Å². The van der Waals surface area contributed by atoms with E-state index in [0.29, 0.717) is 29.0 Å². The maximum absolute atomic E-state index is 13.0. The number of aromatic nitrogens is 3. The number of nitrogens with zero attached hydrogens (tertiary/aromatic N) is 4. The molecule has 8 nitrogen and oxygen atoms in total. The van der Waals surface area contributed by atoms with Crippen LogP contribution in [-0.2, 0) is 13.1 Å². The Kier molecular flexibility index (Phi) is 4.44. The quantitative estimate of drug-likeness (QED) is 0.516. The van der Waals surface area contributed by atoms with Crippen molar-refractivity contribution in [1.29, 1.82) is 0 Å². The van der Waals surface area contributed by atoms with Crippen molar-refractivity contribution in [3.63, 3.8) is 0 Å². The topological polar surface area (TPSA) is 114 Å². The van der Waals surface area contributed by atoms with Gasteiger partial charge in [0.2, 0.25) is 5.43 Å². The number of aryl methyl sites for hydroxylation is 2. The number of fused-ring (bicyclic) bond motifs is 2. The first-order chi connectivity index (χ1) is 15.3. The molecule has 4 heterocycles. The Morgan fingerprint density at radius 1 is 1.09 bits per heavy atom. The number of hydrogen-bond acceptors (Lipinski definition) is 6. The number of carboxylic acids is 1. The number of rotatable bonds is 3. The molecule has 0 bridgehead atoms. The van der Waals surface area contributed by atoms with Gasteiger partial charge in [-0.05, 0) is 54.8 Å². The van der Waals surface area contributed by atoms with E-state index in [9.17, 15) is 14.7 Å². The van der Waals surface area contributed by atoms with Crippen LogP contribution in [0.1, 0.15) is 32.7 Å². The first kappa shape index (κ1) is 19.7. The third kappa shape index (κ3) is 3.08. The number of carboxylic acid groups (broad SMARTS) is 1. The van der Waals surface area contributed by atoms with Crippen molar-refractivity contribution >= 4 is 28.4 Å². The maximum Gasteiger partial charge on any atom is 0.341 e. The molecule has 1 aliphatic rings. The summed E-state index contributed by atoms with van der Waals surface area (Å²) in [6, 6.07) is 9.43. The minimum Gasteiger partial charge on any atom is -0.477 e. The van der Waals surface area contributed by atoms with Crippen molar-refractivity contribution < 1.29 is 9.90 Å². The van der Waals surface area contributed by atoms with E-state index < -0.39 is 11.4 Å². The zero-order valence-electron chi connectivity index (χ0n) is 17.7. The van der Waals surface area contributed by atoms with Gasteiger partial charge in [0.25, 0.3) is 0 Å². The average molecular weight is 427 g/mol. The highest BCUT2D eigenvalue weighted by molar-refractivity contribution is 5.94. The average Bonchev–Trinajstić information content (AvgIpc) is 3.18. The zero-order chi connectivity index (χ0) is 22.6. The lowest BCUT2D eigenvalue weighted by molar-refractivity contribution is 0.0695. The smallest absolute Gasteiger partial charge is 0.341 e. The van der Waals surface area contributed by atoms with Gasteiger partial charge in [0.05, 0.1) is 29.6 Å². The summed E-state index contributed by atoms with van der Waals surface area (Å²) in [5.74, 6) is -0.900. The summed E-state index contributed by atoms with van der Waals surface area (Å²) >= 11 is 0. The molecule has 0 radical (unpaired) electrons. The van der Waals surface area contributed by atoms with Gasteiger partial charge in [-0.25, -0.2) is 9.78 Å². The number of nitrogen functional groups attached to an aromatic ring is 1. The van der Waals surface area contributed by atoms with Gasteiger partial charge in [-0.2, -0.15) is 0 Å². The molecule has 0 amide bonds. The van der Waals surface area contributed by atoms with E-state index in [2.05, 4.69) is 20.9 Å². The van der Waals surface area contributed by atoms with E-state index in [1.165, 1.54) is 11.8 Å². The Balaban J connectivity index is 1.77. The zero-order valence-corrected chi connectivity index (χ0v) is 17.7. The number of carbonyl (C=O) groups is 1. The van der Waals surface area contributed by atoms with Crippen LogP contribution in [0.3, 0.4) is 0 Å². The molecule has 1 aliphatic heterocycles. The summed E-state index contributed by atoms with van der Waals surface area (Å²) in [6.45, 7) is 5.19. The molecule has 4 aromatic rings. The molecule has 3 N–H and O–H groups in total. The van der Waals surface area contributed by atoms with Crippen molar-refractivity contribution in [1.82, 2.24) is 14.5 Å². The standard InChI is InChI=1S/C24H21N5O3/c1-13-6-16-20(8-19(13)28-10-15-4-3-5-26-18(15)12-28)29(11-17(23(16)30)24(31)32)21-9-27-22(25)7-14(21)2/h3-9,11H,10,12H2,1-2H3,(H2,25,27)(H,31,32). The molecule has 1 aromatic carbocycles. The number of benzene rings is 1. The number of anilines is 2. The maximum atomic E-state index is 13.0. The van der Waals surface area contributed by atoms with Gasteiger partial charge >= 0.3 is 5.97 Å². The number of nitrogens with two attached hydrogens (primary N) is 1. The lowest BCUT2D eigenvalue weighted by atomic mass is 10.0. The van der Waals surface area contributed by atoms with E-state index in [1.807, 2.05) is 26.0 Å². The second-order valence-corrected chi connectivity index (χ2v) is 8.06. The molecule has 8 heteroatoms. The molecule has 0 spiro atoms. The molecular weight excluding hydrogens is 406 g/mol. The van der Waals surface area contributed by atoms with Gasteiger partial charge in [0, 0.05) is 30.0 Å². The van der Waals surface area contributed by atoms with E-state index >= 15 is 0 Å². The van der Waals surface area contributed by atoms with Crippen molar-refractivity contribution in [2.45, 2.75) is 26.9 Å². The summed E-state index contributed by atoms with van der Waals surface area (Å²) in [6.07, 6.45) is 4.75. The fraction of sp³-hybridized carbons (Fsp3) is 0.167. The molecule has 0 atom stereocenters. The van der Waals surface area contributed by atoms with Crippen LogP contribution in [0.5, 0.6) is 0 Å². The van der Waals surface area contributed by atoms with E-state index in [0.717, 1.165) is 29.1 Å². The van der Waals surface area contributed by atoms with Gasteiger partial charge in [0.1, 0.15) is 11.4 Å². The minimum atomic E-state index is -1.27. The van der Waals surface area contributed by atoms with Crippen LogP contribution in [-0.4, -0.2) is 25.6 Å². The highest BCUT2D eigenvalue weighted by atomic mass is 16.4. The summed E-state index contributed by atoms with van der Waals surface area (Å²) in [7, 11) is 0. The van der Waals surface area contributed by atoms with Crippen LogP contribution in [0.4, 0.5) is 11.5 Å². The van der Waals surface area contributed by atoms with Crippen LogP contribution in [0.2, 0.25) is 0 Å². The summed E-state index contributed by atoms with van der Waals surface area (Å²) in [5.41, 5.74) is 11.2. The van der Waals surface area contributed by atoms with Crippen LogP contribution in [0.25, 0.3) is 16.6 Å². The van der Waals surface area contributed by atoms with Crippen LogP contribution in [0, 0.1) is 13.8 Å². The molecule has 0 unspecified atom stereocenters. The lowest BCUT2D eigenvalue weighted by Gasteiger charge is -2.22. The Bertz CT molecular complexity index is 1450. The fourth-order valence-corrected chi connectivity index (χ4v) is 4.35. The number of aromatic carboxylic acids is 1. The molecule has 5 rings (SSSR count). The molecule has 0 saturated heterocycles. The van der Waals surface area contributed by atoms with Crippen LogP contribution in [0.15, 0.2) is 53.7 Å². The lowest BCUT2D eigenvalue weighted by Crippen LogP contribution is -2.21.